The average molecular weight is 299 g/mol. The molecule has 0 fully saturated rings. The second-order valence-electron chi connectivity index (χ2n) is 3.90. The van der Waals surface area contributed by atoms with Gasteiger partial charge < -0.3 is 5.73 Å². The molecule has 0 atom stereocenters. The van der Waals surface area contributed by atoms with Gasteiger partial charge in [0.15, 0.2) is 5.78 Å². The number of nitrogens with two attached hydrogens (primary N) is 1. The van der Waals surface area contributed by atoms with Crippen LogP contribution in [0.15, 0.2) is 30.5 Å². The Morgan fingerprint density at radius 3 is 2.84 bits per heavy atom. The summed E-state index contributed by atoms with van der Waals surface area (Å²) in [5.41, 5.74) is 5.98. The molecule has 0 saturated heterocycles. The highest BCUT2D eigenvalue weighted by Gasteiger charge is 2.15. The summed E-state index contributed by atoms with van der Waals surface area (Å²) in [5, 5.41) is 0.270. The highest BCUT2D eigenvalue weighted by Crippen LogP contribution is 2.21. The SMILES string of the molecule is Nc1ncc(Cl)cc1C(=O)Cc1cccc(Cl)c1F. The predicted octanol–water partition coefficient (Wildman–Crippen LogP) is 3.54. The number of nitrogen functional groups attached to an aromatic ring is 1. The van der Waals surface area contributed by atoms with E-state index in [4.69, 9.17) is 28.9 Å². The van der Waals surface area contributed by atoms with E-state index in [1.807, 2.05) is 0 Å². The summed E-state index contributed by atoms with van der Waals surface area (Å²) >= 11 is 11.4. The van der Waals surface area contributed by atoms with E-state index in [0.717, 1.165) is 0 Å². The summed E-state index contributed by atoms with van der Waals surface area (Å²) in [7, 11) is 0. The Bertz CT molecular complexity index is 647. The van der Waals surface area contributed by atoms with E-state index in [1.54, 1.807) is 6.07 Å². The summed E-state index contributed by atoms with van der Waals surface area (Å²) in [6.07, 6.45) is 1.19. The zero-order valence-electron chi connectivity index (χ0n) is 9.66. The number of benzene rings is 1. The van der Waals surface area contributed by atoms with Crippen molar-refractivity contribution in [3.05, 3.63) is 57.5 Å². The van der Waals surface area contributed by atoms with Crippen molar-refractivity contribution in [2.75, 3.05) is 5.73 Å². The summed E-state index contributed by atoms with van der Waals surface area (Å²) in [5.74, 6) is -0.906. The van der Waals surface area contributed by atoms with Crippen molar-refractivity contribution in [1.29, 1.82) is 0 Å². The lowest BCUT2D eigenvalue weighted by molar-refractivity contribution is 0.0992. The molecular formula is C13H9Cl2FN2O. The van der Waals surface area contributed by atoms with Crippen molar-refractivity contribution < 1.29 is 9.18 Å². The standard InChI is InChI=1S/C13H9Cl2FN2O/c14-8-5-9(13(17)18-6-8)11(19)4-7-2-1-3-10(15)12(7)16/h1-3,5-6H,4H2,(H2,17,18). The van der Waals surface area contributed by atoms with Gasteiger partial charge in [-0.2, -0.15) is 0 Å². The van der Waals surface area contributed by atoms with Crippen LogP contribution in [0.4, 0.5) is 10.2 Å². The maximum absolute atomic E-state index is 13.7. The van der Waals surface area contributed by atoms with Gasteiger partial charge in [0.1, 0.15) is 11.6 Å². The molecule has 6 heteroatoms. The van der Waals surface area contributed by atoms with Gasteiger partial charge in [-0.15, -0.1) is 0 Å². The summed E-state index contributed by atoms with van der Waals surface area (Å²) in [6.45, 7) is 0. The summed E-state index contributed by atoms with van der Waals surface area (Å²) in [6, 6.07) is 5.90. The van der Waals surface area contributed by atoms with E-state index in [-0.39, 0.29) is 34.2 Å². The number of anilines is 1. The number of carbonyl (C=O) groups is 1. The topological polar surface area (TPSA) is 56.0 Å². The van der Waals surface area contributed by atoms with Crippen LogP contribution in [0.25, 0.3) is 0 Å². The van der Waals surface area contributed by atoms with Crippen molar-refractivity contribution in [2.24, 2.45) is 0 Å². The Morgan fingerprint density at radius 2 is 2.11 bits per heavy atom. The number of rotatable bonds is 3. The Balaban J connectivity index is 2.31. The van der Waals surface area contributed by atoms with Crippen LogP contribution in [0, 0.1) is 5.82 Å². The number of aromatic nitrogens is 1. The second-order valence-corrected chi connectivity index (χ2v) is 4.74. The van der Waals surface area contributed by atoms with Gasteiger partial charge in [-0.05, 0) is 17.7 Å². The largest absolute Gasteiger partial charge is 0.383 e. The molecular weight excluding hydrogens is 290 g/mol. The minimum atomic E-state index is -0.605. The van der Waals surface area contributed by atoms with Crippen molar-refractivity contribution in [3.8, 4) is 0 Å². The molecule has 0 radical (unpaired) electrons. The fourth-order valence-electron chi connectivity index (χ4n) is 1.63. The Labute approximate surface area is 119 Å². The number of nitrogens with zero attached hydrogens (tertiary/aromatic N) is 1. The Hall–Kier alpha value is -1.65. The molecule has 0 amide bonds. The van der Waals surface area contributed by atoms with Crippen molar-refractivity contribution in [1.82, 2.24) is 4.98 Å². The number of pyridine rings is 1. The molecule has 1 heterocycles. The highest BCUT2D eigenvalue weighted by molar-refractivity contribution is 6.31. The quantitative estimate of drug-likeness (QED) is 0.882. The number of ketones is 1. The van der Waals surface area contributed by atoms with Crippen LogP contribution in [0.2, 0.25) is 10.0 Å². The van der Waals surface area contributed by atoms with Crippen molar-refractivity contribution >= 4 is 34.8 Å². The monoisotopic (exact) mass is 298 g/mol. The first-order valence-electron chi connectivity index (χ1n) is 5.36. The number of halogens is 3. The zero-order valence-corrected chi connectivity index (χ0v) is 11.2. The molecule has 0 aliphatic heterocycles. The van der Waals surface area contributed by atoms with Crippen molar-refractivity contribution in [3.63, 3.8) is 0 Å². The van der Waals surface area contributed by atoms with Crippen LogP contribution in [0.3, 0.4) is 0 Å². The first-order chi connectivity index (χ1) is 8.99. The van der Waals surface area contributed by atoms with E-state index >= 15 is 0 Å². The lowest BCUT2D eigenvalue weighted by Gasteiger charge is -2.06. The zero-order chi connectivity index (χ0) is 14.0. The molecule has 0 saturated carbocycles. The van der Waals surface area contributed by atoms with E-state index in [2.05, 4.69) is 4.98 Å². The number of carbonyl (C=O) groups excluding carboxylic acids is 1. The lowest BCUT2D eigenvalue weighted by atomic mass is 10.0. The van der Waals surface area contributed by atoms with Crippen LogP contribution >= 0.6 is 23.2 Å². The van der Waals surface area contributed by atoms with Crippen LogP contribution in [-0.2, 0) is 6.42 Å². The van der Waals surface area contributed by atoms with Gasteiger partial charge in [0.2, 0.25) is 0 Å². The van der Waals surface area contributed by atoms with E-state index in [9.17, 15) is 9.18 Å². The Kier molecular flexibility index (Phi) is 4.02. The third kappa shape index (κ3) is 3.03. The van der Waals surface area contributed by atoms with E-state index in [1.165, 1.54) is 24.4 Å². The van der Waals surface area contributed by atoms with Crippen LogP contribution < -0.4 is 5.73 Å². The molecule has 1 aromatic carbocycles. The fraction of sp³-hybridized carbons (Fsp3) is 0.0769. The average Bonchev–Trinajstić information content (AvgIpc) is 2.38. The maximum atomic E-state index is 13.7. The third-order valence-electron chi connectivity index (χ3n) is 2.57. The first-order valence-corrected chi connectivity index (χ1v) is 6.11. The van der Waals surface area contributed by atoms with Crippen LogP contribution in [0.1, 0.15) is 15.9 Å². The van der Waals surface area contributed by atoms with Gasteiger partial charge >= 0.3 is 0 Å². The molecule has 0 spiro atoms. The van der Waals surface area contributed by atoms with Gasteiger partial charge in [-0.25, -0.2) is 9.37 Å². The molecule has 3 nitrogen and oxygen atoms in total. The molecule has 0 unspecified atom stereocenters. The van der Waals surface area contributed by atoms with Crippen molar-refractivity contribution in [2.45, 2.75) is 6.42 Å². The summed E-state index contributed by atoms with van der Waals surface area (Å²) in [4.78, 5) is 15.8. The van der Waals surface area contributed by atoms with Gasteiger partial charge in [-0.3, -0.25) is 4.79 Å². The Morgan fingerprint density at radius 1 is 1.37 bits per heavy atom. The normalized spacial score (nSPS) is 10.5. The minimum Gasteiger partial charge on any atom is -0.383 e. The first kappa shape index (κ1) is 13.8. The molecule has 19 heavy (non-hydrogen) atoms. The smallest absolute Gasteiger partial charge is 0.171 e. The number of hydrogen-bond acceptors (Lipinski definition) is 3. The minimum absolute atomic E-state index is 0.0255. The van der Waals surface area contributed by atoms with Crippen LogP contribution in [-0.4, -0.2) is 10.8 Å². The highest BCUT2D eigenvalue weighted by atomic mass is 35.5. The molecule has 1 aromatic heterocycles. The molecule has 0 aliphatic rings. The van der Waals surface area contributed by atoms with E-state index < -0.39 is 5.82 Å². The molecule has 0 bridgehead atoms. The maximum Gasteiger partial charge on any atom is 0.171 e. The molecule has 0 aliphatic carbocycles. The van der Waals surface area contributed by atoms with Gasteiger partial charge in [0.25, 0.3) is 0 Å². The predicted molar refractivity (Wildman–Crippen MR) is 73.1 cm³/mol. The van der Waals surface area contributed by atoms with Gasteiger partial charge in [0.05, 0.1) is 15.6 Å². The van der Waals surface area contributed by atoms with Gasteiger partial charge in [-0.1, -0.05) is 35.3 Å². The molecule has 2 N–H and O–H groups in total. The van der Waals surface area contributed by atoms with Gasteiger partial charge in [0, 0.05) is 12.6 Å². The fourth-order valence-corrected chi connectivity index (χ4v) is 1.98. The molecule has 2 aromatic rings. The summed E-state index contributed by atoms with van der Waals surface area (Å²) < 4.78 is 13.7. The number of hydrogen-bond donors (Lipinski definition) is 1. The second kappa shape index (κ2) is 5.55. The molecule has 98 valence electrons. The number of Topliss-reactive ketones (excluding diaryl/α,β-unsaturated/α-hetero) is 1. The van der Waals surface area contributed by atoms with E-state index in [0.29, 0.717) is 5.02 Å². The molecule has 2 rings (SSSR count). The lowest BCUT2D eigenvalue weighted by Crippen LogP contribution is -2.09. The third-order valence-corrected chi connectivity index (χ3v) is 3.07. The van der Waals surface area contributed by atoms with Crippen LogP contribution in [0.5, 0.6) is 0 Å².